The molecular formula is C18H15F4N3O2S. The molecule has 148 valence electrons. The van der Waals surface area contributed by atoms with Crippen LogP contribution in [0.15, 0.2) is 36.4 Å². The van der Waals surface area contributed by atoms with Crippen LogP contribution in [0.25, 0.3) is 11.0 Å². The van der Waals surface area contributed by atoms with Crippen LogP contribution in [0.3, 0.4) is 0 Å². The van der Waals surface area contributed by atoms with Gasteiger partial charge in [0.15, 0.2) is 4.77 Å². The molecule has 0 aliphatic rings. The zero-order chi connectivity index (χ0) is 20.3. The number of benzene rings is 2. The van der Waals surface area contributed by atoms with E-state index >= 15 is 0 Å². The van der Waals surface area contributed by atoms with Crippen LogP contribution in [0.2, 0.25) is 0 Å². The maximum atomic E-state index is 13.7. The Hall–Kier alpha value is -2.72. The Labute approximate surface area is 161 Å². The molecule has 28 heavy (non-hydrogen) atoms. The van der Waals surface area contributed by atoms with Crippen molar-refractivity contribution in [3.05, 3.63) is 63.7 Å². The third kappa shape index (κ3) is 5.17. The first-order valence-electron chi connectivity index (χ1n) is 8.13. The van der Waals surface area contributed by atoms with E-state index in [4.69, 9.17) is 12.2 Å². The number of ether oxygens (including phenoxy) is 1. The van der Waals surface area contributed by atoms with Gasteiger partial charge < -0.3 is 20.0 Å². The first-order valence-corrected chi connectivity index (χ1v) is 8.54. The van der Waals surface area contributed by atoms with Gasteiger partial charge in [0.05, 0.1) is 23.2 Å². The fourth-order valence-electron chi connectivity index (χ4n) is 2.60. The van der Waals surface area contributed by atoms with Crippen LogP contribution in [-0.4, -0.2) is 28.7 Å². The number of carbonyl (C=O) groups excluding carboxylic acids is 1. The fourth-order valence-corrected chi connectivity index (χ4v) is 2.81. The zero-order valence-corrected chi connectivity index (χ0v) is 15.1. The Balaban J connectivity index is 1.61. The number of hydrogen-bond acceptors (Lipinski definition) is 3. The lowest BCUT2D eigenvalue weighted by Gasteiger charge is -2.09. The largest absolute Gasteiger partial charge is 0.411 e. The van der Waals surface area contributed by atoms with Gasteiger partial charge in [-0.05, 0) is 35.5 Å². The number of halogens is 4. The number of fused-ring (bicyclic) bond motifs is 1. The molecule has 1 amide bonds. The van der Waals surface area contributed by atoms with Crippen molar-refractivity contribution in [2.45, 2.75) is 19.3 Å². The van der Waals surface area contributed by atoms with Crippen LogP contribution < -0.4 is 5.32 Å². The van der Waals surface area contributed by atoms with Crippen molar-refractivity contribution in [1.29, 1.82) is 0 Å². The van der Waals surface area contributed by atoms with E-state index in [-0.39, 0.29) is 23.5 Å². The third-order valence-corrected chi connectivity index (χ3v) is 4.05. The molecule has 0 bridgehead atoms. The maximum absolute atomic E-state index is 13.7. The number of rotatable bonds is 6. The predicted octanol–water partition coefficient (Wildman–Crippen LogP) is 4.37. The van der Waals surface area contributed by atoms with Crippen LogP contribution in [0.5, 0.6) is 0 Å². The summed E-state index contributed by atoms with van der Waals surface area (Å²) in [6.07, 6.45) is -4.37. The van der Waals surface area contributed by atoms with E-state index in [1.54, 1.807) is 24.3 Å². The molecule has 3 aromatic rings. The minimum absolute atomic E-state index is 0.111. The highest BCUT2D eigenvalue weighted by molar-refractivity contribution is 7.71. The number of hydrogen-bond donors (Lipinski definition) is 3. The third-order valence-electron chi connectivity index (χ3n) is 3.84. The van der Waals surface area contributed by atoms with Gasteiger partial charge in [-0.2, -0.15) is 13.2 Å². The summed E-state index contributed by atoms with van der Waals surface area (Å²) < 4.78 is 54.8. The molecule has 0 atom stereocenters. The summed E-state index contributed by atoms with van der Waals surface area (Å²) in [5.74, 6) is -1.07. The first kappa shape index (κ1) is 20.0. The van der Waals surface area contributed by atoms with Crippen molar-refractivity contribution in [2.75, 3.05) is 6.61 Å². The topological polar surface area (TPSA) is 69.9 Å². The van der Waals surface area contributed by atoms with Gasteiger partial charge in [0.2, 0.25) is 0 Å². The van der Waals surface area contributed by atoms with Gasteiger partial charge in [-0.3, -0.25) is 4.79 Å². The Morgan fingerprint density at radius 1 is 1.11 bits per heavy atom. The van der Waals surface area contributed by atoms with Crippen LogP contribution >= 0.6 is 12.2 Å². The lowest BCUT2D eigenvalue weighted by molar-refractivity contribution is -0.176. The fraction of sp³-hybridized carbons (Fsp3) is 0.222. The Bertz CT molecular complexity index is 1040. The molecule has 0 fully saturated rings. The van der Waals surface area contributed by atoms with Crippen LogP contribution in [0, 0.1) is 10.6 Å². The molecular weight excluding hydrogens is 398 g/mol. The van der Waals surface area contributed by atoms with Crippen molar-refractivity contribution in [2.24, 2.45) is 0 Å². The average Bonchev–Trinajstić information content (AvgIpc) is 2.98. The SMILES string of the molecule is O=C(NCc1ccc(COCC(F)(F)F)cc1)c1cc(F)cc2[nH]c(=S)[nH]c12. The molecule has 0 saturated carbocycles. The molecule has 10 heteroatoms. The summed E-state index contributed by atoms with van der Waals surface area (Å²) in [6, 6.07) is 8.90. The number of carbonyl (C=O) groups is 1. The van der Waals surface area contributed by atoms with E-state index in [0.717, 1.165) is 11.6 Å². The van der Waals surface area contributed by atoms with Crippen molar-refractivity contribution in [3.63, 3.8) is 0 Å². The molecule has 0 aliphatic carbocycles. The molecule has 1 heterocycles. The number of imidazole rings is 1. The number of aromatic nitrogens is 2. The second kappa shape index (κ2) is 8.11. The van der Waals surface area contributed by atoms with Gasteiger partial charge in [-0.1, -0.05) is 24.3 Å². The van der Waals surface area contributed by atoms with Crippen LogP contribution in [0.4, 0.5) is 17.6 Å². The average molecular weight is 413 g/mol. The molecule has 0 saturated heterocycles. The second-order valence-electron chi connectivity index (χ2n) is 6.06. The maximum Gasteiger partial charge on any atom is 0.411 e. The highest BCUT2D eigenvalue weighted by Gasteiger charge is 2.27. The van der Waals surface area contributed by atoms with Gasteiger partial charge in [0.1, 0.15) is 12.4 Å². The van der Waals surface area contributed by atoms with Gasteiger partial charge in [0, 0.05) is 6.54 Å². The number of aromatic amines is 2. The predicted molar refractivity (Wildman–Crippen MR) is 96.8 cm³/mol. The molecule has 0 aliphatic heterocycles. The first-order chi connectivity index (χ1) is 13.2. The van der Waals surface area contributed by atoms with Crippen molar-refractivity contribution in [1.82, 2.24) is 15.3 Å². The van der Waals surface area contributed by atoms with Gasteiger partial charge in [0.25, 0.3) is 5.91 Å². The standard InChI is InChI=1S/C18H15F4N3O2S/c19-12-5-13(15-14(6-12)24-17(28)25-15)16(26)23-7-10-1-3-11(4-2-10)8-27-9-18(20,21)22/h1-6H,7-9H2,(H,23,26)(H2,24,25,28). The molecule has 0 unspecified atom stereocenters. The number of alkyl halides is 3. The van der Waals surface area contributed by atoms with E-state index in [9.17, 15) is 22.4 Å². The van der Waals surface area contributed by atoms with Crippen molar-refractivity contribution >= 4 is 29.2 Å². The molecule has 1 aromatic heterocycles. The van der Waals surface area contributed by atoms with E-state index in [2.05, 4.69) is 20.0 Å². The zero-order valence-electron chi connectivity index (χ0n) is 14.3. The minimum atomic E-state index is -4.37. The van der Waals surface area contributed by atoms with Crippen molar-refractivity contribution < 1.29 is 27.1 Å². The highest BCUT2D eigenvalue weighted by Crippen LogP contribution is 2.18. The lowest BCUT2D eigenvalue weighted by atomic mass is 10.1. The monoisotopic (exact) mass is 413 g/mol. The summed E-state index contributed by atoms with van der Waals surface area (Å²) in [6.45, 7) is -1.32. The van der Waals surface area contributed by atoms with Gasteiger partial charge >= 0.3 is 6.18 Å². The Morgan fingerprint density at radius 2 is 1.79 bits per heavy atom. The summed E-state index contributed by atoms with van der Waals surface area (Å²) in [4.78, 5) is 18.0. The summed E-state index contributed by atoms with van der Waals surface area (Å²) >= 11 is 4.97. The molecule has 3 N–H and O–H groups in total. The molecule has 5 nitrogen and oxygen atoms in total. The summed E-state index contributed by atoms with van der Waals surface area (Å²) in [5, 5.41) is 2.67. The number of nitrogens with one attached hydrogen (secondary N) is 3. The van der Waals surface area contributed by atoms with Gasteiger partial charge in [-0.15, -0.1) is 0 Å². The quantitative estimate of drug-likeness (QED) is 0.415. The van der Waals surface area contributed by atoms with E-state index in [1.807, 2.05) is 0 Å². The summed E-state index contributed by atoms with van der Waals surface area (Å²) in [7, 11) is 0. The molecule has 0 spiro atoms. The lowest BCUT2D eigenvalue weighted by Crippen LogP contribution is -2.23. The Morgan fingerprint density at radius 3 is 2.46 bits per heavy atom. The van der Waals surface area contributed by atoms with Gasteiger partial charge in [-0.25, -0.2) is 4.39 Å². The number of amides is 1. The van der Waals surface area contributed by atoms with E-state index in [1.165, 1.54) is 6.07 Å². The second-order valence-corrected chi connectivity index (χ2v) is 6.47. The summed E-state index contributed by atoms with van der Waals surface area (Å²) in [5.41, 5.74) is 2.20. The normalized spacial score (nSPS) is 11.7. The Kier molecular flexibility index (Phi) is 5.80. The smallest absolute Gasteiger partial charge is 0.367 e. The van der Waals surface area contributed by atoms with E-state index in [0.29, 0.717) is 16.6 Å². The van der Waals surface area contributed by atoms with Crippen molar-refractivity contribution in [3.8, 4) is 0 Å². The number of H-pyrrole nitrogens is 2. The van der Waals surface area contributed by atoms with E-state index < -0.39 is 24.5 Å². The molecule has 0 radical (unpaired) electrons. The molecule has 2 aromatic carbocycles. The minimum Gasteiger partial charge on any atom is -0.367 e. The van der Waals surface area contributed by atoms with Crippen LogP contribution in [0.1, 0.15) is 21.5 Å². The highest BCUT2D eigenvalue weighted by atomic mass is 32.1. The van der Waals surface area contributed by atoms with Crippen LogP contribution in [-0.2, 0) is 17.9 Å². The molecule has 3 rings (SSSR count).